The minimum absolute atomic E-state index is 0.0979. The number of hydrogen-bond acceptors (Lipinski definition) is 7. The lowest BCUT2D eigenvalue weighted by molar-refractivity contribution is -0.274. The molecule has 0 aromatic heterocycles. The van der Waals surface area contributed by atoms with Crippen molar-refractivity contribution >= 4 is 52.2 Å². The van der Waals surface area contributed by atoms with Gasteiger partial charge in [0.05, 0.1) is 17.1 Å². The monoisotopic (exact) mass is 650 g/mol. The van der Waals surface area contributed by atoms with E-state index in [4.69, 9.17) is 0 Å². The van der Waals surface area contributed by atoms with E-state index in [9.17, 15) is 22.8 Å². The Hall–Kier alpha value is -4.78. The summed E-state index contributed by atoms with van der Waals surface area (Å²) < 4.78 is 41.1. The Morgan fingerprint density at radius 2 is 1.87 bits per heavy atom. The number of hydrazone groups is 1. The van der Waals surface area contributed by atoms with E-state index in [1.54, 1.807) is 9.91 Å². The molecule has 5 rings (SSSR count). The summed E-state index contributed by atoms with van der Waals surface area (Å²) in [5.41, 5.74) is 5.25. The summed E-state index contributed by atoms with van der Waals surface area (Å²) in [6.07, 6.45) is -0.264. The number of amides is 3. The summed E-state index contributed by atoms with van der Waals surface area (Å²) >= 11 is 1.26. The van der Waals surface area contributed by atoms with Crippen LogP contribution < -0.4 is 25.3 Å². The minimum Gasteiger partial charge on any atom is -0.406 e. The summed E-state index contributed by atoms with van der Waals surface area (Å²) in [5, 5.41) is 12.5. The highest BCUT2D eigenvalue weighted by atomic mass is 32.2. The molecule has 2 aliphatic rings. The van der Waals surface area contributed by atoms with Crippen molar-refractivity contribution in [2.24, 2.45) is 10.1 Å². The topological polar surface area (TPSA) is 98.6 Å². The number of hydrogen-bond donors (Lipinski definition) is 2. The first-order chi connectivity index (χ1) is 22.0. The van der Waals surface area contributed by atoms with Gasteiger partial charge in [-0.05, 0) is 66.3 Å². The maximum atomic E-state index is 12.7. The molecule has 2 aliphatic heterocycles. The number of nitrogens with zero attached hydrogens (tertiary/aromatic N) is 4. The number of urea groups is 1. The molecule has 0 radical (unpaired) electrons. The standard InChI is InChI=1S/C33H33F3N6O3S/c1-21(2)27-16-7-22(3)18-28(27)42-29(43)19-46-32(42)39-31(44)37-17-5-4-6-23-8-10-24(11-9-23)30-38-20-41(40-30)25-12-14-26(15-13-25)45-33(34,35)36/h4,6-16,18,21H,5,17,19-20H2,1-3H3,(H,37,44)(H,38,40)/b6-4+,39-32-. The smallest absolute Gasteiger partial charge is 0.406 e. The van der Waals surface area contributed by atoms with Crippen molar-refractivity contribution in [3.05, 3.63) is 95.1 Å². The first-order valence-electron chi connectivity index (χ1n) is 14.6. The molecule has 1 saturated heterocycles. The van der Waals surface area contributed by atoms with Crippen LogP contribution in [0.3, 0.4) is 0 Å². The first-order valence-corrected chi connectivity index (χ1v) is 15.6. The number of nitrogens with one attached hydrogen (secondary N) is 2. The zero-order chi connectivity index (χ0) is 32.8. The number of carbonyl (C=O) groups is 2. The predicted molar refractivity (Wildman–Crippen MR) is 176 cm³/mol. The maximum absolute atomic E-state index is 12.7. The molecular formula is C33H33F3N6O3S. The van der Waals surface area contributed by atoms with Crippen molar-refractivity contribution < 1.29 is 27.5 Å². The number of ether oxygens (including phenoxy) is 1. The Labute approximate surface area is 269 Å². The average molecular weight is 651 g/mol. The fraction of sp³-hybridized carbons (Fsp3) is 0.273. The number of aliphatic imine (C=N–C) groups is 1. The van der Waals surface area contributed by atoms with Gasteiger partial charge in [-0.1, -0.05) is 74.2 Å². The predicted octanol–water partition coefficient (Wildman–Crippen LogP) is 6.99. The van der Waals surface area contributed by atoms with Gasteiger partial charge in [-0.15, -0.1) is 13.2 Å². The SMILES string of the molecule is Cc1ccc(C(C)C)c(N2C(=O)CS/C2=N\C(=O)NCC/C=C/c2ccc(C3=NN(c4ccc(OC(F)(F)F)cc4)CN3)cc2)c1. The number of benzene rings is 3. The van der Waals surface area contributed by atoms with Crippen LogP contribution in [0, 0.1) is 6.92 Å². The molecule has 3 aromatic rings. The normalized spacial score (nSPS) is 16.0. The molecule has 2 heterocycles. The van der Waals surface area contributed by atoms with E-state index in [1.165, 1.54) is 36.0 Å². The molecule has 3 amide bonds. The molecule has 0 saturated carbocycles. The summed E-state index contributed by atoms with van der Waals surface area (Å²) in [7, 11) is 0. The second kappa shape index (κ2) is 14.1. The Morgan fingerprint density at radius 3 is 2.57 bits per heavy atom. The van der Waals surface area contributed by atoms with Gasteiger partial charge in [-0.3, -0.25) is 9.69 Å². The molecule has 0 bridgehead atoms. The summed E-state index contributed by atoms with van der Waals surface area (Å²) in [4.78, 5) is 31.1. The molecule has 13 heteroatoms. The van der Waals surface area contributed by atoms with Crippen LogP contribution in [0.25, 0.3) is 6.08 Å². The third kappa shape index (κ3) is 8.27. The van der Waals surface area contributed by atoms with Crippen molar-refractivity contribution in [3.8, 4) is 5.75 Å². The highest BCUT2D eigenvalue weighted by molar-refractivity contribution is 8.15. The van der Waals surface area contributed by atoms with Crippen molar-refractivity contribution in [1.82, 2.24) is 10.6 Å². The van der Waals surface area contributed by atoms with E-state index < -0.39 is 12.4 Å². The lowest BCUT2D eigenvalue weighted by atomic mass is 9.99. The number of anilines is 2. The summed E-state index contributed by atoms with van der Waals surface area (Å²) in [6.45, 7) is 6.85. The largest absolute Gasteiger partial charge is 0.573 e. The van der Waals surface area contributed by atoms with E-state index in [-0.39, 0.29) is 23.3 Å². The lowest BCUT2D eigenvalue weighted by Crippen LogP contribution is -2.32. The number of alkyl halides is 3. The molecule has 3 aromatic carbocycles. The quantitative estimate of drug-likeness (QED) is 0.242. The van der Waals surface area contributed by atoms with E-state index in [0.29, 0.717) is 36.3 Å². The Bertz CT molecular complexity index is 1670. The fourth-order valence-corrected chi connectivity index (χ4v) is 5.71. The van der Waals surface area contributed by atoms with Gasteiger partial charge in [0.1, 0.15) is 12.4 Å². The minimum atomic E-state index is -4.74. The molecule has 46 heavy (non-hydrogen) atoms. The second-order valence-electron chi connectivity index (χ2n) is 10.9. The number of rotatable bonds is 9. The average Bonchev–Trinajstić information content (AvgIpc) is 3.64. The fourth-order valence-electron chi connectivity index (χ4n) is 4.85. The van der Waals surface area contributed by atoms with Crippen LogP contribution >= 0.6 is 11.8 Å². The number of carbonyl (C=O) groups excluding carboxylic acids is 2. The van der Waals surface area contributed by atoms with Gasteiger partial charge in [-0.25, -0.2) is 9.80 Å². The van der Waals surface area contributed by atoms with Crippen LogP contribution in [0.4, 0.5) is 29.3 Å². The molecule has 0 atom stereocenters. The molecule has 0 spiro atoms. The zero-order valence-electron chi connectivity index (χ0n) is 25.5. The van der Waals surface area contributed by atoms with Gasteiger partial charge < -0.3 is 15.4 Å². The van der Waals surface area contributed by atoms with E-state index in [0.717, 1.165) is 27.9 Å². The van der Waals surface area contributed by atoms with Gasteiger partial charge in [-0.2, -0.15) is 10.1 Å². The van der Waals surface area contributed by atoms with Gasteiger partial charge in [0, 0.05) is 12.1 Å². The van der Waals surface area contributed by atoms with Crippen LogP contribution in [0.2, 0.25) is 0 Å². The van der Waals surface area contributed by atoms with Gasteiger partial charge in [0.25, 0.3) is 0 Å². The molecule has 240 valence electrons. The molecular weight excluding hydrogens is 617 g/mol. The van der Waals surface area contributed by atoms with Crippen molar-refractivity contribution in [3.63, 3.8) is 0 Å². The Morgan fingerprint density at radius 1 is 1.13 bits per heavy atom. The van der Waals surface area contributed by atoms with E-state index in [2.05, 4.69) is 39.3 Å². The molecule has 2 N–H and O–H groups in total. The van der Waals surface area contributed by atoms with Crippen molar-refractivity contribution in [2.75, 3.05) is 28.9 Å². The molecule has 9 nitrogen and oxygen atoms in total. The third-order valence-electron chi connectivity index (χ3n) is 7.08. The number of amidine groups is 2. The van der Waals surface area contributed by atoms with E-state index in [1.807, 2.05) is 61.5 Å². The van der Waals surface area contributed by atoms with E-state index >= 15 is 0 Å². The second-order valence-corrected chi connectivity index (χ2v) is 11.8. The molecule has 0 aliphatic carbocycles. The number of halogens is 3. The highest BCUT2D eigenvalue weighted by Crippen LogP contribution is 2.34. The zero-order valence-corrected chi connectivity index (χ0v) is 26.3. The van der Waals surface area contributed by atoms with Crippen LogP contribution in [0.1, 0.15) is 48.4 Å². The number of thioether (sulfide) groups is 1. The summed E-state index contributed by atoms with van der Waals surface area (Å²) in [5.74, 6) is 0.686. The van der Waals surface area contributed by atoms with Crippen molar-refractivity contribution in [1.29, 1.82) is 0 Å². The van der Waals surface area contributed by atoms with Crippen LogP contribution in [0.5, 0.6) is 5.75 Å². The van der Waals surface area contributed by atoms with Gasteiger partial charge in [0.15, 0.2) is 11.0 Å². The lowest BCUT2D eigenvalue weighted by Gasteiger charge is -2.22. The highest BCUT2D eigenvalue weighted by Gasteiger charge is 2.33. The molecule has 0 unspecified atom stereocenters. The Kier molecular flexibility index (Phi) is 10.0. The van der Waals surface area contributed by atoms with Crippen LogP contribution in [-0.4, -0.2) is 48.3 Å². The van der Waals surface area contributed by atoms with Crippen molar-refractivity contribution in [2.45, 2.75) is 39.5 Å². The van der Waals surface area contributed by atoms with Crippen LogP contribution in [0.15, 0.2) is 82.9 Å². The first kappa shape index (κ1) is 32.6. The third-order valence-corrected chi connectivity index (χ3v) is 8.00. The summed E-state index contributed by atoms with van der Waals surface area (Å²) in [6, 6.07) is 18.7. The van der Waals surface area contributed by atoms with Gasteiger partial charge >= 0.3 is 12.4 Å². The van der Waals surface area contributed by atoms with Crippen LogP contribution in [-0.2, 0) is 4.79 Å². The van der Waals surface area contributed by atoms with Gasteiger partial charge in [0.2, 0.25) is 5.91 Å². The Balaban J connectivity index is 1.12. The maximum Gasteiger partial charge on any atom is 0.573 e. The molecule has 1 fully saturated rings. The number of aryl methyl sites for hydroxylation is 1.